The van der Waals surface area contributed by atoms with E-state index in [-0.39, 0.29) is 132 Å². The topological polar surface area (TPSA) is 353 Å². The van der Waals surface area contributed by atoms with E-state index in [4.69, 9.17) is 0 Å². The minimum Gasteiger partial charge on any atom is -0.349 e. The number of benzene rings is 4. The Hall–Kier alpha value is -8.49. The van der Waals surface area contributed by atoms with Gasteiger partial charge in [-0.05, 0) is 121 Å². The van der Waals surface area contributed by atoms with Gasteiger partial charge in [0.05, 0.1) is 72.1 Å². The van der Waals surface area contributed by atoms with Gasteiger partial charge in [0.25, 0.3) is 0 Å². The van der Waals surface area contributed by atoms with E-state index in [2.05, 4.69) is 37.7 Å². The summed E-state index contributed by atoms with van der Waals surface area (Å²) in [6, 6.07) is 27.1. The van der Waals surface area contributed by atoms with Crippen LogP contribution in [0.15, 0.2) is 103 Å². The van der Waals surface area contributed by atoms with Crippen LogP contribution in [0.2, 0.25) is 0 Å². The molecule has 31 heteroatoms. The minimum absolute atomic E-state index is 0. The predicted molar refractivity (Wildman–Crippen MR) is 479 cm³/mol. The second-order valence-corrected chi connectivity index (χ2v) is 42.9. The molecule has 7 aliphatic rings. The van der Waals surface area contributed by atoms with Gasteiger partial charge in [-0.15, -0.1) is 0 Å². The van der Waals surface area contributed by atoms with Gasteiger partial charge >= 0.3 is 0 Å². The molecule has 122 heavy (non-hydrogen) atoms. The summed E-state index contributed by atoms with van der Waals surface area (Å²) >= 11 is 0. The summed E-state index contributed by atoms with van der Waals surface area (Å²) in [5, 5.41) is 21.6. The number of hydrogen-bond acceptors (Lipinski definition) is 16. The SMILES string of the molecule is C.C.C.CC[C@@H](C)C(=O)N[C@H](C(=O)N1CC[C@@H]2[C@H]1[C@@H](C(=O)Cc1cccc3ccccc13)CN2S(C)(=O)=O)C(C)(C)C.CC[C@@H](C)C(=O)N[C@H](C(=O)N1CC[C@@H]2[C@H]1[C@@H](C(=O)N[C@@H]1CCCc3ccccc31)CN2S(C)(=O)=O)C(C)(C)C.CC[C@@H](C)C(=O)N[C@H](C(=O)N1CC[C@@H]2[C@H]1[C@@H](C(=O)Nc1cc(C)nn1-c1ccccc1)CN2S(C)(=O)=O)C(C)(C)C. The highest BCUT2D eigenvalue weighted by Crippen LogP contribution is 2.44. The standard InChI is InChI=1S/C30H41N3O5S.C29H42N6O5S.C29H44N4O5S.3CH4/c1-7-19(2)28(35)31-27(30(3,4)5)29(36)32-16-15-24-26(32)23(18-33(24)39(6,37)38)25(34)17-21-13-10-12-20-11-8-9-14-22(20)21;1-8-18(2)26(36)31-25(29(4,5)6)28(38)33-15-14-22-24(33)21(17-34(22)41(7,39)40)27(37)30-23-16-19(3)32-35(23)20-12-10-9-11-13-20;1-7-18(2)26(34)31-25(29(3,4)5)28(36)32-16-15-23-24(32)21(17-33(23)39(6,37)38)27(35)30-22-14-10-12-19-11-8-9-13-20(19)22;;;/h8-14,19,23-24,26-27H,7,15-18H2,1-6H3,(H,31,35);9-13,16,18,21-22,24-25H,8,14-15,17H2,1-7H3,(H,30,37)(H,31,36);8-9,11,13,18,21-25H,7,10,12,14-17H2,1-6H3,(H,30,35)(H,31,34);3*1H4/t19-,23-,24-,26-,27-;18-,21+,22-,24-,25-;18-,21+,22-,23-,24-,25-;;;/m111.../s1. The third kappa shape index (κ3) is 22.4. The Morgan fingerprint density at radius 2 is 0.869 bits per heavy atom. The number of carbonyl (C=O) groups excluding carboxylic acids is 9. The average Bonchev–Trinajstić information content (AvgIpc) is 1.59. The van der Waals surface area contributed by atoms with E-state index < -0.39 is 118 Å². The minimum atomic E-state index is -3.65. The molecule has 6 aliphatic heterocycles. The third-order valence-electron chi connectivity index (χ3n) is 25.3. The fourth-order valence-corrected chi connectivity index (χ4v) is 21.6. The van der Waals surface area contributed by atoms with Gasteiger partial charge in [0.2, 0.25) is 77.3 Å². The number of Topliss-reactive ketones (excluding diaryl/α,β-unsaturated/α-hetero) is 1. The lowest BCUT2D eigenvalue weighted by atomic mass is 9.84. The number of ketones is 1. The van der Waals surface area contributed by atoms with E-state index in [0.717, 1.165) is 65.6 Å². The first-order valence-electron chi connectivity index (χ1n) is 42.1. The van der Waals surface area contributed by atoms with Crippen molar-refractivity contribution in [2.75, 3.05) is 63.4 Å². The van der Waals surface area contributed by atoms with Crippen LogP contribution in [0.25, 0.3) is 16.5 Å². The lowest BCUT2D eigenvalue weighted by Crippen LogP contribution is -2.58. The monoisotopic (exact) mass is 1750 g/mol. The molecule has 0 unspecified atom stereocenters. The summed E-state index contributed by atoms with van der Waals surface area (Å²) < 4.78 is 82.4. The van der Waals surface area contributed by atoms with Crippen molar-refractivity contribution in [3.8, 4) is 5.69 Å². The van der Waals surface area contributed by atoms with E-state index in [1.165, 1.54) is 18.5 Å². The molecule has 0 radical (unpaired) electrons. The molecule has 1 aromatic heterocycles. The van der Waals surface area contributed by atoms with Crippen LogP contribution in [-0.2, 0) is 86.1 Å². The molecule has 12 rings (SSSR count). The van der Waals surface area contributed by atoms with E-state index >= 15 is 0 Å². The van der Waals surface area contributed by atoms with Gasteiger partial charge in [-0.1, -0.05) is 211 Å². The first-order valence-corrected chi connectivity index (χ1v) is 47.7. The zero-order valence-corrected chi connectivity index (χ0v) is 75.2. The number of rotatable bonds is 23. The Balaban J connectivity index is 0.000000249. The number of hydrogen-bond donors (Lipinski definition) is 5. The molecule has 0 saturated carbocycles. The van der Waals surface area contributed by atoms with Gasteiger partial charge in [0, 0.05) is 87.6 Å². The van der Waals surface area contributed by atoms with Crippen LogP contribution in [0.4, 0.5) is 5.82 Å². The summed E-state index contributed by atoms with van der Waals surface area (Å²) in [7, 11) is -10.8. The lowest BCUT2D eigenvalue weighted by Gasteiger charge is -2.37. The van der Waals surface area contributed by atoms with Crippen LogP contribution < -0.4 is 26.6 Å². The molecule has 16 atom stereocenters. The first-order chi connectivity index (χ1) is 55.6. The lowest BCUT2D eigenvalue weighted by molar-refractivity contribution is -0.143. The summed E-state index contributed by atoms with van der Waals surface area (Å²) in [5.41, 5.74) is 2.93. The van der Waals surface area contributed by atoms with Gasteiger partial charge in [-0.3, -0.25) is 43.2 Å². The number of sulfonamides is 3. The van der Waals surface area contributed by atoms with Gasteiger partial charge in [-0.2, -0.15) is 18.0 Å². The molecule has 28 nitrogen and oxygen atoms in total. The van der Waals surface area contributed by atoms with Crippen LogP contribution in [0, 0.1) is 58.7 Å². The second kappa shape index (κ2) is 40.2. The van der Waals surface area contributed by atoms with E-state index in [9.17, 15) is 68.4 Å². The second-order valence-electron chi connectivity index (χ2n) is 37.1. The van der Waals surface area contributed by atoms with Crippen molar-refractivity contribution in [2.45, 2.75) is 258 Å². The van der Waals surface area contributed by atoms with Crippen molar-refractivity contribution >= 4 is 99.7 Å². The van der Waals surface area contributed by atoms with E-state index in [1.54, 1.807) is 25.4 Å². The number of fused-ring (bicyclic) bond motifs is 5. The van der Waals surface area contributed by atoms with Gasteiger partial charge < -0.3 is 41.3 Å². The Morgan fingerprint density at radius 3 is 1.30 bits per heavy atom. The van der Waals surface area contributed by atoms with Crippen molar-refractivity contribution < 1.29 is 68.4 Å². The van der Waals surface area contributed by atoms with Crippen molar-refractivity contribution in [1.29, 1.82) is 0 Å². The normalized spacial score (nSPS) is 23.7. The largest absolute Gasteiger partial charge is 0.349 e. The zero-order valence-electron chi connectivity index (χ0n) is 72.8. The number of likely N-dealkylation sites (tertiary alicyclic amines) is 3. The molecule has 8 amide bonds. The molecule has 5 aromatic rings. The maximum Gasteiger partial charge on any atom is 0.246 e. The molecular weight excluding hydrogens is 1610 g/mol. The fourth-order valence-electron chi connectivity index (χ4n) is 18.2. The average molecular weight is 1750 g/mol. The first kappa shape index (κ1) is 101. The smallest absolute Gasteiger partial charge is 0.246 e. The number of amides is 8. The molecule has 4 aromatic carbocycles. The molecule has 0 spiro atoms. The summed E-state index contributed by atoms with van der Waals surface area (Å²) in [4.78, 5) is 127. The van der Waals surface area contributed by atoms with Crippen LogP contribution in [0.1, 0.15) is 206 Å². The Kier molecular flexibility index (Phi) is 33.2. The third-order valence-corrected chi connectivity index (χ3v) is 29.2. The predicted octanol–water partition coefficient (Wildman–Crippen LogP) is 10.5. The van der Waals surface area contributed by atoms with Crippen LogP contribution in [0.5, 0.6) is 0 Å². The molecule has 1 aliphatic carbocycles. The summed E-state index contributed by atoms with van der Waals surface area (Å²) in [5.74, 6) is -4.55. The van der Waals surface area contributed by atoms with Gasteiger partial charge in [0.1, 0.15) is 29.7 Å². The highest BCUT2D eigenvalue weighted by molar-refractivity contribution is 7.88. The molecule has 0 bridgehead atoms. The number of para-hydroxylation sites is 1. The molecule has 676 valence electrons. The number of carbonyl (C=O) groups is 9. The summed E-state index contributed by atoms with van der Waals surface area (Å²) in [6.45, 7) is 31.2. The maximum absolute atomic E-state index is 14.1. The van der Waals surface area contributed by atoms with E-state index in [0.29, 0.717) is 63.1 Å². The summed E-state index contributed by atoms with van der Waals surface area (Å²) in [6.07, 6.45) is 9.62. The van der Waals surface area contributed by atoms with Crippen molar-refractivity contribution in [3.63, 3.8) is 0 Å². The van der Waals surface area contributed by atoms with Crippen LogP contribution in [0.3, 0.4) is 0 Å². The van der Waals surface area contributed by atoms with Crippen molar-refractivity contribution in [1.82, 2.24) is 58.7 Å². The molecule has 6 saturated heterocycles. The Labute approximate surface area is 726 Å². The molecule has 5 N–H and O–H groups in total. The number of aromatic nitrogens is 2. The maximum atomic E-state index is 14.1. The number of nitrogens with one attached hydrogen (secondary N) is 5. The van der Waals surface area contributed by atoms with Gasteiger partial charge in [-0.25, -0.2) is 29.9 Å². The van der Waals surface area contributed by atoms with Crippen LogP contribution >= 0.6 is 0 Å². The highest BCUT2D eigenvalue weighted by atomic mass is 32.2. The van der Waals surface area contributed by atoms with Crippen molar-refractivity contribution in [3.05, 3.63) is 126 Å². The number of nitrogens with zero attached hydrogens (tertiary/aromatic N) is 8. The fraction of sp³-hybridized carbons (Fsp3) is 0.626. The van der Waals surface area contributed by atoms with E-state index in [1.807, 2.05) is 202 Å². The zero-order chi connectivity index (χ0) is 87.7. The Bertz CT molecular complexity index is 4940. The Morgan fingerprint density at radius 1 is 0.484 bits per heavy atom. The number of aryl methyl sites for hydroxylation is 2. The molecule has 7 heterocycles. The molecule has 6 fully saturated rings. The quantitative estimate of drug-likeness (QED) is 0.0406. The highest BCUT2D eigenvalue weighted by Gasteiger charge is 2.60. The van der Waals surface area contributed by atoms with Gasteiger partial charge in [0.15, 0.2) is 0 Å². The number of anilines is 1. The van der Waals surface area contributed by atoms with Crippen LogP contribution in [-0.4, -0.2) is 228 Å². The molecular formula is C91H139N13O15S3. The van der Waals surface area contributed by atoms with Crippen molar-refractivity contribution in [2.24, 2.45) is 51.8 Å².